The summed E-state index contributed by atoms with van der Waals surface area (Å²) < 4.78 is 16.6. The minimum atomic E-state index is -0.400. The van der Waals surface area contributed by atoms with Gasteiger partial charge in [-0.1, -0.05) is 41.4 Å². The molecule has 6 heteroatoms. The van der Waals surface area contributed by atoms with Crippen LogP contribution in [0.25, 0.3) is 22.1 Å². The third-order valence-electron chi connectivity index (χ3n) is 4.93. The highest BCUT2D eigenvalue weighted by atomic mass is 35.5. The maximum atomic E-state index is 12.7. The summed E-state index contributed by atoms with van der Waals surface area (Å²) in [4.78, 5) is 12.7. The third kappa shape index (κ3) is 4.02. The Bertz CT molecular complexity index is 1280. The molecule has 0 radical (unpaired) electrons. The summed E-state index contributed by atoms with van der Waals surface area (Å²) in [5, 5.41) is 1.95. The molecule has 0 saturated heterocycles. The predicted molar refractivity (Wildman–Crippen MR) is 120 cm³/mol. The smallest absolute Gasteiger partial charge is 0.344 e. The molecule has 0 N–H and O–H groups in total. The summed E-state index contributed by atoms with van der Waals surface area (Å²) in [5.41, 5.74) is 3.04. The van der Waals surface area contributed by atoms with E-state index in [2.05, 4.69) is 0 Å². The van der Waals surface area contributed by atoms with Crippen LogP contribution in [0, 0.1) is 6.92 Å². The second-order valence-electron chi connectivity index (χ2n) is 6.80. The van der Waals surface area contributed by atoms with Gasteiger partial charge in [0.25, 0.3) is 0 Å². The van der Waals surface area contributed by atoms with Crippen molar-refractivity contribution in [3.05, 3.63) is 92.3 Å². The molecule has 1 aromatic heterocycles. The molecule has 152 valence electrons. The molecule has 4 rings (SSSR count). The first kappa shape index (κ1) is 20.3. The van der Waals surface area contributed by atoms with Crippen molar-refractivity contribution in [3.8, 4) is 22.6 Å². The molecule has 4 aromatic rings. The average Bonchev–Trinajstić information content (AvgIpc) is 2.73. The quantitative estimate of drug-likeness (QED) is 0.325. The Balaban J connectivity index is 1.66. The summed E-state index contributed by atoms with van der Waals surface area (Å²) in [6.45, 7) is 2.18. The highest BCUT2D eigenvalue weighted by Crippen LogP contribution is 2.30. The molecule has 0 aliphatic heterocycles. The standard InChI is InChI=1S/C24H18Cl2O4/c1-14-20-10-9-19(29-13-16-3-6-17(25)11-21(16)26)12-22(20)30-24(27)23(14)15-4-7-18(28-2)8-5-15/h3-12H,13H2,1-2H3. The highest BCUT2D eigenvalue weighted by molar-refractivity contribution is 6.35. The van der Waals surface area contributed by atoms with Gasteiger partial charge in [0.15, 0.2) is 0 Å². The van der Waals surface area contributed by atoms with E-state index < -0.39 is 5.63 Å². The van der Waals surface area contributed by atoms with E-state index in [1.807, 2.05) is 49.4 Å². The van der Waals surface area contributed by atoms with Crippen molar-refractivity contribution in [3.63, 3.8) is 0 Å². The molecule has 0 amide bonds. The lowest BCUT2D eigenvalue weighted by Gasteiger charge is -2.11. The zero-order valence-corrected chi connectivity index (χ0v) is 17.9. The van der Waals surface area contributed by atoms with Gasteiger partial charge in [-0.15, -0.1) is 0 Å². The fraction of sp³-hybridized carbons (Fsp3) is 0.125. The number of benzene rings is 3. The van der Waals surface area contributed by atoms with Crippen molar-refractivity contribution >= 4 is 34.2 Å². The van der Waals surface area contributed by atoms with E-state index in [0.29, 0.717) is 26.9 Å². The maximum absolute atomic E-state index is 12.7. The van der Waals surface area contributed by atoms with Gasteiger partial charge in [-0.25, -0.2) is 4.79 Å². The summed E-state index contributed by atoms with van der Waals surface area (Å²) >= 11 is 12.1. The maximum Gasteiger partial charge on any atom is 0.344 e. The van der Waals surface area contributed by atoms with Gasteiger partial charge in [-0.05, 0) is 54.4 Å². The first-order valence-corrected chi connectivity index (χ1v) is 10.0. The number of fused-ring (bicyclic) bond motifs is 1. The predicted octanol–water partition coefficient (Wildman–Crippen LogP) is 6.66. The Labute approximate surface area is 183 Å². The SMILES string of the molecule is COc1ccc(-c2c(C)c3ccc(OCc4ccc(Cl)cc4Cl)cc3oc2=O)cc1. The van der Waals surface area contributed by atoms with Crippen LogP contribution >= 0.6 is 23.2 Å². The van der Waals surface area contributed by atoms with Gasteiger partial charge in [0.2, 0.25) is 0 Å². The lowest BCUT2D eigenvalue weighted by atomic mass is 9.99. The van der Waals surface area contributed by atoms with Crippen molar-refractivity contribution in [2.45, 2.75) is 13.5 Å². The normalized spacial score (nSPS) is 10.9. The number of ether oxygens (including phenoxy) is 2. The lowest BCUT2D eigenvalue weighted by Crippen LogP contribution is -2.06. The number of hydrogen-bond donors (Lipinski definition) is 0. The van der Waals surface area contributed by atoms with E-state index in [9.17, 15) is 4.79 Å². The molecule has 0 atom stereocenters. The fourth-order valence-electron chi connectivity index (χ4n) is 3.32. The Hall–Kier alpha value is -2.95. The molecule has 3 aromatic carbocycles. The second kappa shape index (κ2) is 8.42. The first-order chi connectivity index (χ1) is 14.5. The van der Waals surface area contributed by atoms with E-state index in [1.54, 1.807) is 25.3 Å². The Morgan fingerprint density at radius 1 is 0.933 bits per heavy atom. The molecule has 4 nitrogen and oxygen atoms in total. The molecule has 0 fully saturated rings. The van der Waals surface area contributed by atoms with Crippen molar-refractivity contribution in [2.24, 2.45) is 0 Å². The van der Waals surface area contributed by atoms with Crippen molar-refractivity contribution < 1.29 is 13.9 Å². The van der Waals surface area contributed by atoms with E-state index in [0.717, 1.165) is 27.8 Å². The Morgan fingerprint density at radius 2 is 1.67 bits per heavy atom. The van der Waals surface area contributed by atoms with E-state index >= 15 is 0 Å². The van der Waals surface area contributed by atoms with Crippen molar-refractivity contribution in [2.75, 3.05) is 7.11 Å². The molecule has 0 spiro atoms. The van der Waals surface area contributed by atoms with Gasteiger partial charge in [0.05, 0.1) is 12.7 Å². The summed E-state index contributed by atoms with van der Waals surface area (Å²) in [6.07, 6.45) is 0. The monoisotopic (exact) mass is 440 g/mol. The zero-order chi connectivity index (χ0) is 21.3. The van der Waals surface area contributed by atoms with Gasteiger partial charge in [0.1, 0.15) is 23.7 Å². The minimum Gasteiger partial charge on any atom is -0.497 e. The van der Waals surface area contributed by atoms with Crippen LogP contribution in [0.4, 0.5) is 0 Å². The zero-order valence-electron chi connectivity index (χ0n) is 16.4. The average molecular weight is 441 g/mol. The van der Waals surface area contributed by atoms with Crippen LogP contribution in [0.2, 0.25) is 10.0 Å². The van der Waals surface area contributed by atoms with Gasteiger partial charge >= 0.3 is 5.63 Å². The number of aryl methyl sites for hydroxylation is 1. The van der Waals surface area contributed by atoms with Gasteiger partial charge in [-0.3, -0.25) is 0 Å². The van der Waals surface area contributed by atoms with Gasteiger partial charge in [0, 0.05) is 27.1 Å². The molecule has 0 unspecified atom stereocenters. The van der Waals surface area contributed by atoms with Crippen LogP contribution in [0.3, 0.4) is 0 Å². The van der Waals surface area contributed by atoms with Gasteiger partial charge in [-0.2, -0.15) is 0 Å². The van der Waals surface area contributed by atoms with Crippen LogP contribution in [0.1, 0.15) is 11.1 Å². The van der Waals surface area contributed by atoms with E-state index in [1.165, 1.54) is 0 Å². The summed E-state index contributed by atoms with van der Waals surface area (Å²) in [5.74, 6) is 1.30. The minimum absolute atomic E-state index is 0.272. The topological polar surface area (TPSA) is 48.7 Å². The highest BCUT2D eigenvalue weighted by Gasteiger charge is 2.14. The molecule has 0 aliphatic rings. The largest absolute Gasteiger partial charge is 0.497 e. The second-order valence-corrected chi connectivity index (χ2v) is 7.64. The molecular formula is C24H18Cl2O4. The van der Waals surface area contributed by atoms with Gasteiger partial charge < -0.3 is 13.9 Å². The number of halogens is 2. The Morgan fingerprint density at radius 3 is 2.37 bits per heavy atom. The molecule has 0 aliphatic carbocycles. The molecule has 0 saturated carbocycles. The molecular weight excluding hydrogens is 423 g/mol. The lowest BCUT2D eigenvalue weighted by molar-refractivity contribution is 0.306. The van der Waals surface area contributed by atoms with Crippen LogP contribution in [-0.4, -0.2) is 7.11 Å². The van der Waals surface area contributed by atoms with Crippen LogP contribution in [0.5, 0.6) is 11.5 Å². The number of rotatable bonds is 5. The molecule has 1 heterocycles. The third-order valence-corrected chi connectivity index (χ3v) is 5.51. The Kier molecular flexibility index (Phi) is 5.71. The summed E-state index contributed by atoms with van der Waals surface area (Å²) in [7, 11) is 1.60. The van der Waals surface area contributed by atoms with Crippen LogP contribution in [-0.2, 0) is 6.61 Å². The van der Waals surface area contributed by atoms with E-state index in [-0.39, 0.29) is 6.61 Å². The van der Waals surface area contributed by atoms with E-state index in [4.69, 9.17) is 37.1 Å². The number of hydrogen-bond acceptors (Lipinski definition) is 4. The van der Waals surface area contributed by atoms with Crippen molar-refractivity contribution in [1.29, 1.82) is 0 Å². The summed E-state index contributed by atoms with van der Waals surface area (Å²) in [6, 6.07) is 18.0. The first-order valence-electron chi connectivity index (χ1n) is 9.25. The molecule has 30 heavy (non-hydrogen) atoms. The fourth-order valence-corrected chi connectivity index (χ4v) is 3.78. The number of methoxy groups -OCH3 is 1. The molecule has 0 bridgehead atoms. The van der Waals surface area contributed by atoms with Crippen molar-refractivity contribution in [1.82, 2.24) is 0 Å². The van der Waals surface area contributed by atoms with Crippen LogP contribution in [0.15, 0.2) is 69.9 Å². The van der Waals surface area contributed by atoms with Crippen LogP contribution < -0.4 is 15.1 Å².